The molecule has 2 aliphatic rings. The SMILES string of the molecule is N#Cc1ccc2c(c1)CCCC2NC(=O)N1CCCN(C(=O)c2ccc(F)cc2)CC1. The summed E-state index contributed by atoms with van der Waals surface area (Å²) < 4.78 is 13.1. The van der Waals surface area contributed by atoms with Gasteiger partial charge in [-0.05, 0) is 73.2 Å². The van der Waals surface area contributed by atoms with E-state index >= 15 is 0 Å². The molecule has 1 aliphatic carbocycles. The van der Waals surface area contributed by atoms with E-state index in [1.54, 1.807) is 15.9 Å². The number of nitrogens with one attached hydrogen (secondary N) is 1. The zero-order valence-electron chi connectivity index (χ0n) is 17.3. The highest BCUT2D eigenvalue weighted by Gasteiger charge is 2.27. The minimum atomic E-state index is -0.372. The number of carbonyl (C=O) groups is 2. The van der Waals surface area contributed by atoms with Crippen molar-refractivity contribution in [2.24, 2.45) is 0 Å². The minimum Gasteiger partial charge on any atom is -0.337 e. The zero-order chi connectivity index (χ0) is 21.8. The Morgan fingerprint density at radius 2 is 1.74 bits per heavy atom. The van der Waals surface area contributed by atoms with E-state index in [-0.39, 0.29) is 23.8 Å². The lowest BCUT2D eigenvalue weighted by Crippen LogP contribution is -2.44. The van der Waals surface area contributed by atoms with E-state index < -0.39 is 0 Å². The Morgan fingerprint density at radius 1 is 1.00 bits per heavy atom. The Bertz CT molecular complexity index is 1020. The second kappa shape index (κ2) is 9.17. The Morgan fingerprint density at radius 3 is 2.52 bits per heavy atom. The predicted octanol–water partition coefficient (Wildman–Crippen LogP) is 3.63. The molecular formula is C24H25FN4O2. The molecular weight excluding hydrogens is 395 g/mol. The Kier molecular flexibility index (Phi) is 6.17. The van der Waals surface area contributed by atoms with Gasteiger partial charge in [-0.15, -0.1) is 0 Å². The lowest BCUT2D eigenvalue weighted by Gasteiger charge is -2.29. The molecule has 4 rings (SSSR count). The number of fused-ring (bicyclic) bond motifs is 1. The van der Waals surface area contributed by atoms with Crippen LogP contribution in [0.3, 0.4) is 0 Å². The molecule has 0 spiro atoms. The number of nitriles is 1. The third-order valence-electron chi connectivity index (χ3n) is 6.05. The second-order valence-electron chi connectivity index (χ2n) is 8.06. The average Bonchev–Trinajstić information content (AvgIpc) is 3.05. The van der Waals surface area contributed by atoms with Crippen LogP contribution in [0.4, 0.5) is 9.18 Å². The van der Waals surface area contributed by atoms with Gasteiger partial charge in [0.1, 0.15) is 5.82 Å². The summed E-state index contributed by atoms with van der Waals surface area (Å²) in [6.45, 7) is 2.03. The molecule has 1 heterocycles. The van der Waals surface area contributed by atoms with Crippen LogP contribution in [0.1, 0.15) is 52.4 Å². The maximum atomic E-state index is 13.1. The van der Waals surface area contributed by atoms with Gasteiger partial charge in [0.25, 0.3) is 5.91 Å². The topological polar surface area (TPSA) is 76.4 Å². The Balaban J connectivity index is 1.38. The third kappa shape index (κ3) is 4.69. The van der Waals surface area contributed by atoms with E-state index in [0.717, 1.165) is 30.4 Å². The summed E-state index contributed by atoms with van der Waals surface area (Å²) >= 11 is 0. The fourth-order valence-corrected chi connectivity index (χ4v) is 4.37. The number of amides is 3. The highest BCUT2D eigenvalue weighted by Crippen LogP contribution is 2.30. The average molecular weight is 420 g/mol. The van der Waals surface area contributed by atoms with Crippen molar-refractivity contribution in [1.82, 2.24) is 15.1 Å². The fourth-order valence-electron chi connectivity index (χ4n) is 4.37. The van der Waals surface area contributed by atoms with Crippen LogP contribution in [-0.2, 0) is 6.42 Å². The number of hydrogen-bond donors (Lipinski definition) is 1. The van der Waals surface area contributed by atoms with Gasteiger partial charge in [0.15, 0.2) is 0 Å². The first kappa shape index (κ1) is 20.9. The van der Waals surface area contributed by atoms with Crippen molar-refractivity contribution in [1.29, 1.82) is 5.26 Å². The maximum absolute atomic E-state index is 13.1. The number of aryl methyl sites for hydroxylation is 1. The van der Waals surface area contributed by atoms with Crippen LogP contribution in [0.2, 0.25) is 0 Å². The van der Waals surface area contributed by atoms with Crippen LogP contribution >= 0.6 is 0 Å². The lowest BCUT2D eigenvalue weighted by atomic mass is 9.87. The highest BCUT2D eigenvalue weighted by molar-refractivity contribution is 5.94. The standard InChI is InChI=1S/C24H25FN4O2/c25-20-8-6-18(7-9-20)23(30)28-11-2-12-29(14-13-28)24(31)27-22-4-1-3-19-15-17(16-26)5-10-21(19)22/h5-10,15,22H,1-4,11-14H2,(H,27,31). The smallest absolute Gasteiger partial charge is 0.317 e. The second-order valence-corrected chi connectivity index (χ2v) is 8.06. The summed E-state index contributed by atoms with van der Waals surface area (Å²) in [5.41, 5.74) is 3.31. The van der Waals surface area contributed by atoms with Crippen molar-refractivity contribution < 1.29 is 14.0 Å². The van der Waals surface area contributed by atoms with Gasteiger partial charge in [0, 0.05) is 31.7 Å². The molecule has 0 saturated carbocycles. The van der Waals surface area contributed by atoms with E-state index in [4.69, 9.17) is 5.26 Å². The highest BCUT2D eigenvalue weighted by atomic mass is 19.1. The Hall–Kier alpha value is -3.40. The van der Waals surface area contributed by atoms with E-state index in [2.05, 4.69) is 11.4 Å². The molecule has 2 aromatic carbocycles. The molecule has 1 fully saturated rings. The first-order valence-electron chi connectivity index (χ1n) is 10.7. The number of halogens is 1. The summed E-state index contributed by atoms with van der Waals surface area (Å²) in [6, 6.07) is 13.2. The van der Waals surface area contributed by atoms with Crippen LogP contribution in [-0.4, -0.2) is 47.9 Å². The van der Waals surface area contributed by atoms with Gasteiger partial charge in [0.05, 0.1) is 17.7 Å². The summed E-state index contributed by atoms with van der Waals surface area (Å²) in [6.07, 6.45) is 3.44. The minimum absolute atomic E-state index is 0.0656. The molecule has 0 radical (unpaired) electrons. The summed E-state index contributed by atoms with van der Waals surface area (Å²) in [7, 11) is 0. The quantitative estimate of drug-likeness (QED) is 0.806. The number of hydrogen-bond acceptors (Lipinski definition) is 3. The first-order chi connectivity index (χ1) is 15.0. The van der Waals surface area contributed by atoms with Gasteiger partial charge >= 0.3 is 6.03 Å². The summed E-state index contributed by atoms with van der Waals surface area (Å²) in [4.78, 5) is 29.1. The summed E-state index contributed by atoms with van der Waals surface area (Å²) in [5, 5.41) is 12.3. The van der Waals surface area contributed by atoms with E-state index in [0.29, 0.717) is 43.7 Å². The summed E-state index contributed by atoms with van der Waals surface area (Å²) in [5.74, 6) is -0.514. The van der Waals surface area contributed by atoms with Crippen molar-refractivity contribution in [3.8, 4) is 6.07 Å². The molecule has 160 valence electrons. The molecule has 0 bridgehead atoms. The number of carbonyl (C=O) groups excluding carboxylic acids is 2. The van der Waals surface area contributed by atoms with Crippen LogP contribution in [0.15, 0.2) is 42.5 Å². The van der Waals surface area contributed by atoms with Gasteiger partial charge in [-0.25, -0.2) is 9.18 Å². The first-order valence-corrected chi connectivity index (χ1v) is 10.7. The van der Waals surface area contributed by atoms with Crippen LogP contribution in [0, 0.1) is 17.1 Å². The van der Waals surface area contributed by atoms with E-state index in [1.807, 2.05) is 12.1 Å². The number of rotatable bonds is 2. The number of nitrogens with zero attached hydrogens (tertiary/aromatic N) is 3. The van der Waals surface area contributed by atoms with Crippen molar-refractivity contribution >= 4 is 11.9 Å². The molecule has 0 aromatic heterocycles. The van der Waals surface area contributed by atoms with E-state index in [1.165, 1.54) is 24.3 Å². The normalized spacial score (nSPS) is 18.5. The van der Waals surface area contributed by atoms with Crippen molar-refractivity contribution in [3.63, 3.8) is 0 Å². The molecule has 1 aliphatic heterocycles. The van der Waals surface area contributed by atoms with Gasteiger partial charge in [0.2, 0.25) is 0 Å². The molecule has 3 amide bonds. The molecule has 2 aromatic rings. The molecule has 6 nitrogen and oxygen atoms in total. The van der Waals surface area contributed by atoms with Crippen LogP contribution < -0.4 is 5.32 Å². The molecule has 1 unspecified atom stereocenters. The number of urea groups is 1. The van der Waals surface area contributed by atoms with Crippen molar-refractivity contribution in [3.05, 3.63) is 70.5 Å². The third-order valence-corrected chi connectivity index (χ3v) is 6.05. The van der Waals surface area contributed by atoms with E-state index in [9.17, 15) is 14.0 Å². The zero-order valence-corrected chi connectivity index (χ0v) is 17.3. The van der Waals surface area contributed by atoms with Crippen LogP contribution in [0.5, 0.6) is 0 Å². The lowest BCUT2D eigenvalue weighted by molar-refractivity contribution is 0.0762. The molecule has 1 atom stereocenters. The maximum Gasteiger partial charge on any atom is 0.317 e. The van der Waals surface area contributed by atoms with Crippen molar-refractivity contribution in [2.75, 3.05) is 26.2 Å². The van der Waals surface area contributed by atoms with Gasteiger partial charge in [-0.1, -0.05) is 6.07 Å². The molecule has 31 heavy (non-hydrogen) atoms. The predicted molar refractivity (Wildman–Crippen MR) is 114 cm³/mol. The monoisotopic (exact) mass is 420 g/mol. The molecule has 1 saturated heterocycles. The Labute approximate surface area is 181 Å². The fraction of sp³-hybridized carbons (Fsp3) is 0.375. The van der Waals surface area contributed by atoms with Crippen molar-refractivity contribution in [2.45, 2.75) is 31.7 Å². The van der Waals surface area contributed by atoms with Gasteiger partial charge in [-0.2, -0.15) is 5.26 Å². The van der Waals surface area contributed by atoms with Gasteiger partial charge in [-0.3, -0.25) is 4.79 Å². The van der Waals surface area contributed by atoms with Crippen LogP contribution in [0.25, 0.3) is 0 Å². The molecule has 7 heteroatoms. The number of benzene rings is 2. The molecule has 1 N–H and O–H groups in total. The largest absolute Gasteiger partial charge is 0.337 e. The van der Waals surface area contributed by atoms with Gasteiger partial charge < -0.3 is 15.1 Å².